The van der Waals surface area contributed by atoms with Gasteiger partial charge in [-0.1, -0.05) is 0 Å². The number of morpholine rings is 1. The fraction of sp³-hybridized carbons (Fsp3) is 1.00. The van der Waals surface area contributed by atoms with E-state index in [0.717, 1.165) is 0 Å². The molecule has 12 heavy (non-hydrogen) atoms. The number of hydrogen-bond acceptors (Lipinski definition) is 5. The summed E-state index contributed by atoms with van der Waals surface area (Å²) in [5, 5.41) is 2.92. The van der Waals surface area contributed by atoms with Gasteiger partial charge in [0.2, 0.25) is 0 Å². The van der Waals surface area contributed by atoms with Crippen molar-refractivity contribution in [1.29, 1.82) is 0 Å². The van der Waals surface area contributed by atoms with E-state index in [0.29, 0.717) is 19.7 Å². The summed E-state index contributed by atoms with van der Waals surface area (Å²) in [6.45, 7) is 3.20. The first-order valence-corrected chi connectivity index (χ1v) is 5.34. The maximum absolute atomic E-state index is 11.2. The standard InChI is InChI=1S/C6H13NO4S/c1-2-11-12(8,9)6-5-7-3-4-10-6/h6-7H,2-5H2,1H3. The quantitative estimate of drug-likeness (QED) is 0.603. The van der Waals surface area contributed by atoms with E-state index in [9.17, 15) is 8.42 Å². The predicted molar refractivity (Wildman–Crippen MR) is 43.2 cm³/mol. The molecule has 1 N–H and O–H groups in total. The van der Waals surface area contributed by atoms with Gasteiger partial charge in [0.05, 0.1) is 13.2 Å². The van der Waals surface area contributed by atoms with E-state index in [4.69, 9.17) is 4.74 Å². The fourth-order valence-corrected chi connectivity index (χ4v) is 2.03. The Morgan fingerprint density at radius 3 is 2.92 bits per heavy atom. The monoisotopic (exact) mass is 195 g/mol. The van der Waals surface area contributed by atoms with E-state index in [1.807, 2.05) is 0 Å². The van der Waals surface area contributed by atoms with Gasteiger partial charge in [0.1, 0.15) is 0 Å². The molecule has 1 aliphatic heterocycles. The average molecular weight is 195 g/mol. The lowest BCUT2D eigenvalue weighted by molar-refractivity contribution is 0.0695. The Kier molecular flexibility index (Phi) is 3.45. The van der Waals surface area contributed by atoms with Gasteiger partial charge < -0.3 is 10.1 Å². The van der Waals surface area contributed by atoms with E-state index in [1.165, 1.54) is 0 Å². The minimum Gasteiger partial charge on any atom is -0.357 e. The highest BCUT2D eigenvalue weighted by Gasteiger charge is 2.28. The highest BCUT2D eigenvalue weighted by molar-refractivity contribution is 7.87. The molecule has 72 valence electrons. The van der Waals surface area contributed by atoms with Crippen LogP contribution in [0.1, 0.15) is 6.92 Å². The summed E-state index contributed by atoms with van der Waals surface area (Å²) in [5.74, 6) is 0. The highest BCUT2D eigenvalue weighted by Crippen LogP contribution is 2.07. The van der Waals surface area contributed by atoms with Crippen LogP contribution in [0.2, 0.25) is 0 Å². The Morgan fingerprint density at radius 2 is 2.42 bits per heavy atom. The highest BCUT2D eigenvalue weighted by atomic mass is 32.2. The van der Waals surface area contributed by atoms with Gasteiger partial charge in [-0.2, -0.15) is 8.42 Å². The molecule has 0 saturated carbocycles. The zero-order valence-corrected chi connectivity index (χ0v) is 7.76. The van der Waals surface area contributed by atoms with Crippen LogP contribution in [0.4, 0.5) is 0 Å². The van der Waals surface area contributed by atoms with Crippen molar-refractivity contribution < 1.29 is 17.3 Å². The van der Waals surface area contributed by atoms with Crippen molar-refractivity contribution in [2.24, 2.45) is 0 Å². The predicted octanol–water partition coefficient (Wildman–Crippen LogP) is -0.701. The summed E-state index contributed by atoms with van der Waals surface area (Å²) in [5.41, 5.74) is -0.841. The van der Waals surface area contributed by atoms with Crippen LogP contribution in [-0.2, 0) is 19.0 Å². The van der Waals surface area contributed by atoms with E-state index in [2.05, 4.69) is 9.50 Å². The third-order valence-electron chi connectivity index (χ3n) is 1.50. The fourth-order valence-electron chi connectivity index (χ4n) is 0.967. The van der Waals surface area contributed by atoms with Crippen molar-refractivity contribution >= 4 is 10.1 Å². The lowest BCUT2D eigenvalue weighted by atomic mass is 10.5. The van der Waals surface area contributed by atoms with Gasteiger partial charge in [-0.3, -0.25) is 4.18 Å². The van der Waals surface area contributed by atoms with Crippen molar-refractivity contribution in [3.63, 3.8) is 0 Å². The van der Waals surface area contributed by atoms with Crippen LogP contribution in [-0.4, -0.2) is 40.2 Å². The van der Waals surface area contributed by atoms with Crippen molar-refractivity contribution in [3.8, 4) is 0 Å². The molecule has 1 atom stereocenters. The molecule has 0 aromatic heterocycles. The van der Waals surface area contributed by atoms with Gasteiger partial charge in [0.15, 0.2) is 5.44 Å². The second-order valence-corrected chi connectivity index (χ2v) is 4.15. The van der Waals surface area contributed by atoms with E-state index < -0.39 is 15.6 Å². The van der Waals surface area contributed by atoms with E-state index in [1.54, 1.807) is 6.92 Å². The summed E-state index contributed by atoms with van der Waals surface area (Å²) in [6, 6.07) is 0. The molecule has 0 bridgehead atoms. The smallest absolute Gasteiger partial charge is 0.296 e. The second-order valence-electron chi connectivity index (χ2n) is 2.40. The van der Waals surface area contributed by atoms with Crippen molar-refractivity contribution in [2.75, 3.05) is 26.3 Å². The first-order chi connectivity index (χ1) is 5.67. The van der Waals surface area contributed by atoms with Crippen molar-refractivity contribution in [2.45, 2.75) is 12.4 Å². The molecular formula is C6H13NO4S. The third kappa shape index (κ3) is 2.41. The van der Waals surface area contributed by atoms with Gasteiger partial charge in [-0.25, -0.2) is 0 Å². The van der Waals surface area contributed by atoms with Gasteiger partial charge in [0, 0.05) is 13.1 Å². The Hall–Kier alpha value is -0.170. The lowest BCUT2D eigenvalue weighted by Crippen LogP contribution is -2.43. The normalized spacial score (nSPS) is 25.6. The molecule has 0 spiro atoms. The molecule has 1 saturated heterocycles. The van der Waals surface area contributed by atoms with Gasteiger partial charge in [0.25, 0.3) is 10.1 Å². The average Bonchev–Trinajstić information content (AvgIpc) is 2.06. The number of hydrogen-bond donors (Lipinski definition) is 1. The van der Waals surface area contributed by atoms with Gasteiger partial charge >= 0.3 is 0 Å². The van der Waals surface area contributed by atoms with Crippen LogP contribution in [0.25, 0.3) is 0 Å². The molecule has 0 amide bonds. The Labute approximate surface area is 72.2 Å². The molecule has 6 heteroatoms. The SMILES string of the molecule is CCOS(=O)(=O)C1CNCCO1. The van der Waals surface area contributed by atoms with Crippen LogP contribution in [0.3, 0.4) is 0 Å². The summed E-state index contributed by atoms with van der Waals surface area (Å²) in [7, 11) is -3.52. The summed E-state index contributed by atoms with van der Waals surface area (Å²) >= 11 is 0. The lowest BCUT2D eigenvalue weighted by Gasteiger charge is -2.22. The van der Waals surface area contributed by atoms with Crippen LogP contribution in [0.5, 0.6) is 0 Å². The van der Waals surface area contributed by atoms with E-state index in [-0.39, 0.29) is 6.61 Å². The number of rotatable bonds is 3. The second kappa shape index (κ2) is 4.18. The zero-order chi connectivity index (χ0) is 9.03. The summed E-state index contributed by atoms with van der Waals surface area (Å²) in [6.07, 6.45) is 0. The molecule has 5 nitrogen and oxygen atoms in total. The molecular weight excluding hydrogens is 182 g/mol. The number of ether oxygens (including phenoxy) is 1. The van der Waals surface area contributed by atoms with Crippen molar-refractivity contribution in [1.82, 2.24) is 5.32 Å². The van der Waals surface area contributed by atoms with Crippen LogP contribution >= 0.6 is 0 Å². The largest absolute Gasteiger partial charge is 0.357 e. The third-order valence-corrected chi connectivity index (χ3v) is 3.01. The molecule has 0 aliphatic carbocycles. The van der Waals surface area contributed by atoms with Crippen LogP contribution in [0.15, 0.2) is 0 Å². The van der Waals surface area contributed by atoms with Gasteiger partial charge in [-0.05, 0) is 6.92 Å². The maximum atomic E-state index is 11.2. The molecule has 0 aromatic rings. The van der Waals surface area contributed by atoms with Crippen LogP contribution < -0.4 is 5.32 Å². The molecule has 0 radical (unpaired) electrons. The van der Waals surface area contributed by atoms with Crippen LogP contribution in [0, 0.1) is 0 Å². The summed E-state index contributed by atoms with van der Waals surface area (Å²) in [4.78, 5) is 0. The Morgan fingerprint density at radius 1 is 1.67 bits per heavy atom. The zero-order valence-electron chi connectivity index (χ0n) is 6.95. The van der Waals surface area contributed by atoms with Crippen molar-refractivity contribution in [3.05, 3.63) is 0 Å². The Bertz CT molecular complexity index is 220. The minimum absolute atomic E-state index is 0.155. The topological polar surface area (TPSA) is 64.6 Å². The first kappa shape index (κ1) is 9.91. The molecule has 1 heterocycles. The first-order valence-electron chi connectivity index (χ1n) is 3.87. The number of nitrogens with one attached hydrogen (secondary N) is 1. The van der Waals surface area contributed by atoms with Gasteiger partial charge in [-0.15, -0.1) is 0 Å². The maximum Gasteiger partial charge on any atom is 0.296 e. The van der Waals surface area contributed by atoms with E-state index >= 15 is 0 Å². The minimum atomic E-state index is -3.52. The Balaban J connectivity index is 2.54. The molecule has 1 aliphatic rings. The molecule has 1 fully saturated rings. The molecule has 1 unspecified atom stereocenters. The summed E-state index contributed by atoms with van der Waals surface area (Å²) < 4.78 is 32.0. The molecule has 0 aromatic carbocycles. The molecule has 1 rings (SSSR count).